The van der Waals surface area contributed by atoms with Gasteiger partial charge in [-0.1, -0.05) is 20.8 Å². The molecule has 16 heavy (non-hydrogen) atoms. The van der Waals surface area contributed by atoms with Crippen molar-refractivity contribution in [1.82, 2.24) is 0 Å². The number of hydrogen-bond donors (Lipinski definition) is 2. The standard InChI is InChI=1S/C11H24O4S/c1-4-16(14,15)6-5-11(8-12,9-13)7-10(2)3/h10,12-13H,4-9H2,1-3H3. The predicted octanol–water partition coefficient (Wildman–Crippen LogP) is 0.828. The van der Waals surface area contributed by atoms with Gasteiger partial charge in [0.1, 0.15) is 9.84 Å². The third-order valence-electron chi connectivity index (χ3n) is 2.90. The summed E-state index contributed by atoms with van der Waals surface area (Å²) in [5, 5.41) is 18.7. The van der Waals surface area contributed by atoms with Crippen LogP contribution in [0.4, 0.5) is 0 Å². The van der Waals surface area contributed by atoms with Crippen LogP contribution in [0.3, 0.4) is 0 Å². The normalized spacial score (nSPS) is 13.4. The molecule has 0 saturated heterocycles. The van der Waals surface area contributed by atoms with Crippen molar-refractivity contribution in [2.45, 2.75) is 33.6 Å². The van der Waals surface area contributed by atoms with Crippen LogP contribution < -0.4 is 0 Å². The highest BCUT2D eigenvalue weighted by Gasteiger charge is 2.31. The van der Waals surface area contributed by atoms with Gasteiger partial charge in [0, 0.05) is 11.2 Å². The summed E-state index contributed by atoms with van der Waals surface area (Å²) in [6.45, 7) is 5.27. The number of rotatable bonds is 8. The Balaban J connectivity index is 4.56. The van der Waals surface area contributed by atoms with Crippen LogP contribution in [0.5, 0.6) is 0 Å². The van der Waals surface area contributed by atoms with Gasteiger partial charge in [-0.3, -0.25) is 0 Å². The molecule has 0 aliphatic heterocycles. The number of hydrogen-bond acceptors (Lipinski definition) is 4. The minimum absolute atomic E-state index is 0.0390. The molecule has 0 rings (SSSR count). The van der Waals surface area contributed by atoms with Gasteiger partial charge in [-0.2, -0.15) is 0 Å². The molecule has 0 aromatic heterocycles. The van der Waals surface area contributed by atoms with Gasteiger partial charge in [0.2, 0.25) is 0 Å². The minimum Gasteiger partial charge on any atom is -0.396 e. The van der Waals surface area contributed by atoms with E-state index in [-0.39, 0.29) is 24.7 Å². The van der Waals surface area contributed by atoms with Crippen LogP contribution >= 0.6 is 0 Å². The van der Waals surface area contributed by atoms with Gasteiger partial charge in [-0.05, 0) is 18.8 Å². The zero-order chi connectivity index (χ0) is 12.8. The summed E-state index contributed by atoms with van der Waals surface area (Å²) in [5.41, 5.74) is -0.656. The quantitative estimate of drug-likeness (QED) is 0.671. The zero-order valence-electron chi connectivity index (χ0n) is 10.4. The molecule has 5 heteroatoms. The Hall–Kier alpha value is -0.130. The molecule has 0 atom stereocenters. The highest BCUT2D eigenvalue weighted by molar-refractivity contribution is 7.91. The first-order valence-corrected chi connectivity index (χ1v) is 7.55. The SMILES string of the molecule is CCS(=O)(=O)CCC(CO)(CO)CC(C)C. The molecule has 0 heterocycles. The molecule has 2 N–H and O–H groups in total. The molecule has 0 aliphatic carbocycles. The van der Waals surface area contributed by atoms with Crippen LogP contribution in [0.2, 0.25) is 0 Å². The van der Waals surface area contributed by atoms with E-state index >= 15 is 0 Å². The summed E-state index contributed by atoms with van der Waals surface area (Å²) in [6, 6.07) is 0. The van der Waals surface area contributed by atoms with E-state index in [4.69, 9.17) is 0 Å². The first-order chi connectivity index (χ1) is 7.31. The Labute approximate surface area is 98.6 Å². The van der Waals surface area contributed by atoms with Crippen molar-refractivity contribution in [2.75, 3.05) is 24.7 Å². The van der Waals surface area contributed by atoms with Crippen LogP contribution in [0.25, 0.3) is 0 Å². The number of aliphatic hydroxyl groups is 2. The van der Waals surface area contributed by atoms with E-state index in [1.165, 1.54) is 0 Å². The van der Waals surface area contributed by atoms with Gasteiger partial charge in [0.25, 0.3) is 0 Å². The highest BCUT2D eigenvalue weighted by Crippen LogP contribution is 2.30. The van der Waals surface area contributed by atoms with Crippen LogP contribution in [0.15, 0.2) is 0 Å². The second-order valence-electron chi connectivity index (χ2n) is 4.90. The Morgan fingerprint density at radius 2 is 1.69 bits per heavy atom. The summed E-state index contributed by atoms with van der Waals surface area (Å²) in [4.78, 5) is 0. The summed E-state index contributed by atoms with van der Waals surface area (Å²) in [5.74, 6) is 0.475. The van der Waals surface area contributed by atoms with E-state index in [0.717, 1.165) is 0 Å². The lowest BCUT2D eigenvalue weighted by molar-refractivity contribution is 0.0343. The lowest BCUT2D eigenvalue weighted by atomic mass is 9.79. The molecule has 0 aliphatic rings. The van der Waals surface area contributed by atoms with Gasteiger partial charge < -0.3 is 10.2 Å². The molecular formula is C11H24O4S. The van der Waals surface area contributed by atoms with Crippen LogP contribution in [0, 0.1) is 11.3 Å². The summed E-state index contributed by atoms with van der Waals surface area (Å²) in [7, 11) is -3.03. The Bertz CT molecular complexity index is 278. The second kappa shape index (κ2) is 6.57. The van der Waals surface area contributed by atoms with Gasteiger partial charge in [-0.25, -0.2) is 8.42 Å². The van der Waals surface area contributed by atoms with Crippen molar-refractivity contribution in [1.29, 1.82) is 0 Å². The fraction of sp³-hybridized carbons (Fsp3) is 1.00. The molecule has 0 saturated carbocycles. The molecule has 4 nitrogen and oxygen atoms in total. The average molecular weight is 252 g/mol. The van der Waals surface area contributed by atoms with E-state index in [2.05, 4.69) is 0 Å². The number of sulfone groups is 1. The maximum absolute atomic E-state index is 11.4. The third kappa shape index (κ3) is 5.27. The van der Waals surface area contributed by atoms with Gasteiger partial charge >= 0.3 is 0 Å². The Morgan fingerprint density at radius 3 is 2.00 bits per heavy atom. The smallest absolute Gasteiger partial charge is 0.150 e. The van der Waals surface area contributed by atoms with Crippen LogP contribution in [-0.4, -0.2) is 43.4 Å². The highest BCUT2D eigenvalue weighted by atomic mass is 32.2. The molecule has 0 spiro atoms. The molecule has 0 radical (unpaired) electrons. The van der Waals surface area contributed by atoms with Gasteiger partial charge in [-0.15, -0.1) is 0 Å². The lowest BCUT2D eigenvalue weighted by Gasteiger charge is -2.31. The monoisotopic (exact) mass is 252 g/mol. The fourth-order valence-electron chi connectivity index (χ4n) is 1.82. The third-order valence-corrected chi connectivity index (χ3v) is 4.60. The molecule has 0 fully saturated rings. The molecular weight excluding hydrogens is 228 g/mol. The van der Waals surface area contributed by atoms with Crippen molar-refractivity contribution in [2.24, 2.45) is 11.3 Å². The molecule has 0 aromatic carbocycles. The first-order valence-electron chi connectivity index (χ1n) is 5.73. The minimum atomic E-state index is -3.03. The van der Waals surface area contributed by atoms with Gasteiger partial charge in [0.05, 0.1) is 19.0 Å². The number of aliphatic hydroxyl groups excluding tert-OH is 2. The van der Waals surface area contributed by atoms with Crippen molar-refractivity contribution in [3.05, 3.63) is 0 Å². The Morgan fingerprint density at radius 1 is 1.19 bits per heavy atom. The Kier molecular flexibility index (Phi) is 6.51. The first kappa shape index (κ1) is 15.9. The van der Waals surface area contributed by atoms with E-state index in [9.17, 15) is 18.6 Å². The summed E-state index contributed by atoms with van der Waals surface area (Å²) >= 11 is 0. The largest absolute Gasteiger partial charge is 0.396 e. The van der Waals surface area contributed by atoms with Crippen LogP contribution in [-0.2, 0) is 9.84 Å². The average Bonchev–Trinajstić information content (AvgIpc) is 2.24. The molecule has 0 amide bonds. The van der Waals surface area contributed by atoms with E-state index in [0.29, 0.717) is 18.8 Å². The van der Waals surface area contributed by atoms with Crippen molar-refractivity contribution in [3.63, 3.8) is 0 Å². The van der Waals surface area contributed by atoms with Crippen molar-refractivity contribution in [3.8, 4) is 0 Å². The fourth-order valence-corrected chi connectivity index (χ4v) is 2.85. The zero-order valence-corrected chi connectivity index (χ0v) is 11.3. The molecule has 0 aromatic rings. The second-order valence-corrected chi connectivity index (χ2v) is 7.37. The lowest BCUT2D eigenvalue weighted by Crippen LogP contribution is -2.34. The maximum Gasteiger partial charge on any atom is 0.150 e. The van der Waals surface area contributed by atoms with E-state index < -0.39 is 15.3 Å². The summed E-state index contributed by atoms with van der Waals surface area (Å²) < 4.78 is 22.8. The predicted molar refractivity (Wildman–Crippen MR) is 65.0 cm³/mol. The van der Waals surface area contributed by atoms with Gasteiger partial charge in [0.15, 0.2) is 0 Å². The molecule has 0 bridgehead atoms. The van der Waals surface area contributed by atoms with E-state index in [1.54, 1.807) is 6.92 Å². The molecule has 0 unspecified atom stereocenters. The molecule has 98 valence electrons. The maximum atomic E-state index is 11.4. The topological polar surface area (TPSA) is 74.6 Å². The van der Waals surface area contributed by atoms with Crippen molar-refractivity contribution < 1.29 is 18.6 Å². The van der Waals surface area contributed by atoms with E-state index in [1.807, 2.05) is 13.8 Å². The van der Waals surface area contributed by atoms with Crippen molar-refractivity contribution >= 4 is 9.84 Å². The van der Waals surface area contributed by atoms with Crippen LogP contribution in [0.1, 0.15) is 33.6 Å². The summed E-state index contributed by atoms with van der Waals surface area (Å²) in [6.07, 6.45) is 0.966.